The molecule has 2 aromatic rings. The SMILES string of the molecule is CC1(C)C[C@H](O)CCN(c2cnc3ccccc3n2)C1. The Morgan fingerprint density at radius 3 is 2.80 bits per heavy atom. The van der Waals surface area contributed by atoms with E-state index in [1.165, 1.54) is 0 Å². The average Bonchev–Trinajstić information content (AvgIpc) is 2.55. The van der Waals surface area contributed by atoms with E-state index in [-0.39, 0.29) is 11.5 Å². The lowest BCUT2D eigenvalue weighted by Crippen LogP contribution is -2.33. The Labute approximate surface area is 119 Å². The van der Waals surface area contributed by atoms with Gasteiger partial charge in [-0.05, 0) is 30.4 Å². The maximum Gasteiger partial charge on any atom is 0.147 e. The normalized spacial score (nSPS) is 22.8. The molecular formula is C16H21N3O. The summed E-state index contributed by atoms with van der Waals surface area (Å²) in [7, 11) is 0. The highest BCUT2D eigenvalue weighted by Gasteiger charge is 2.29. The molecule has 1 aliphatic rings. The van der Waals surface area contributed by atoms with Crippen LogP contribution in [0, 0.1) is 5.41 Å². The van der Waals surface area contributed by atoms with Crippen LogP contribution in [0.1, 0.15) is 26.7 Å². The van der Waals surface area contributed by atoms with Crippen LogP contribution in [0.15, 0.2) is 30.5 Å². The summed E-state index contributed by atoms with van der Waals surface area (Å²) in [6.45, 7) is 6.13. The molecule has 0 saturated carbocycles. The topological polar surface area (TPSA) is 49.2 Å². The van der Waals surface area contributed by atoms with Gasteiger partial charge in [0.1, 0.15) is 5.82 Å². The van der Waals surface area contributed by atoms with Crippen molar-refractivity contribution in [1.82, 2.24) is 9.97 Å². The molecule has 0 bridgehead atoms. The predicted molar refractivity (Wildman–Crippen MR) is 80.8 cm³/mol. The van der Waals surface area contributed by atoms with E-state index in [0.29, 0.717) is 0 Å². The third kappa shape index (κ3) is 2.75. The molecule has 1 saturated heterocycles. The number of benzene rings is 1. The Bertz CT molecular complexity index is 611. The van der Waals surface area contributed by atoms with E-state index >= 15 is 0 Å². The molecule has 0 amide bonds. The molecule has 1 aromatic carbocycles. The van der Waals surface area contributed by atoms with E-state index in [1.807, 2.05) is 30.5 Å². The maximum atomic E-state index is 10.00. The van der Waals surface area contributed by atoms with Crippen molar-refractivity contribution in [3.8, 4) is 0 Å². The summed E-state index contributed by atoms with van der Waals surface area (Å²) in [5.74, 6) is 0.908. The quantitative estimate of drug-likeness (QED) is 0.866. The fourth-order valence-corrected chi connectivity index (χ4v) is 3.00. The van der Waals surface area contributed by atoms with Gasteiger partial charge < -0.3 is 10.0 Å². The van der Waals surface area contributed by atoms with Crippen LogP contribution in [0.2, 0.25) is 0 Å². The molecule has 0 unspecified atom stereocenters. The lowest BCUT2D eigenvalue weighted by atomic mass is 9.87. The molecule has 0 aliphatic carbocycles. The van der Waals surface area contributed by atoms with Crippen molar-refractivity contribution >= 4 is 16.9 Å². The number of anilines is 1. The minimum Gasteiger partial charge on any atom is -0.393 e. The molecule has 1 aliphatic heterocycles. The number of hydrogen-bond acceptors (Lipinski definition) is 4. The van der Waals surface area contributed by atoms with Gasteiger partial charge in [0.2, 0.25) is 0 Å². The summed E-state index contributed by atoms with van der Waals surface area (Å²) in [6.07, 6.45) is 3.25. The number of hydrogen-bond donors (Lipinski definition) is 1. The zero-order valence-electron chi connectivity index (χ0n) is 12.1. The van der Waals surface area contributed by atoms with E-state index in [0.717, 1.165) is 42.8 Å². The summed E-state index contributed by atoms with van der Waals surface area (Å²) in [5.41, 5.74) is 1.93. The van der Waals surface area contributed by atoms with E-state index in [2.05, 4.69) is 23.7 Å². The van der Waals surface area contributed by atoms with Crippen molar-refractivity contribution in [2.24, 2.45) is 5.41 Å². The van der Waals surface area contributed by atoms with Gasteiger partial charge in [-0.1, -0.05) is 26.0 Å². The van der Waals surface area contributed by atoms with Gasteiger partial charge in [0.15, 0.2) is 0 Å². The highest BCUT2D eigenvalue weighted by atomic mass is 16.3. The summed E-state index contributed by atoms with van der Waals surface area (Å²) in [5, 5.41) is 10.00. The Morgan fingerprint density at radius 1 is 1.25 bits per heavy atom. The van der Waals surface area contributed by atoms with Crippen LogP contribution in [0.3, 0.4) is 0 Å². The minimum absolute atomic E-state index is 0.0865. The summed E-state index contributed by atoms with van der Waals surface area (Å²) < 4.78 is 0. The van der Waals surface area contributed by atoms with Crippen molar-refractivity contribution in [3.05, 3.63) is 30.5 Å². The van der Waals surface area contributed by atoms with Gasteiger partial charge in [0.05, 0.1) is 23.3 Å². The van der Waals surface area contributed by atoms with Gasteiger partial charge in [0.25, 0.3) is 0 Å². The van der Waals surface area contributed by atoms with Crippen molar-refractivity contribution in [3.63, 3.8) is 0 Å². The second-order valence-electron chi connectivity index (χ2n) is 6.45. The fourth-order valence-electron chi connectivity index (χ4n) is 3.00. The van der Waals surface area contributed by atoms with E-state index in [1.54, 1.807) is 0 Å². The van der Waals surface area contributed by atoms with Gasteiger partial charge in [0, 0.05) is 13.1 Å². The molecule has 1 N–H and O–H groups in total. The third-order valence-corrected chi connectivity index (χ3v) is 3.90. The van der Waals surface area contributed by atoms with Crippen LogP contribution < -0.4 is 4.90 Å². The van der Waals surface area contributed by atoms with Gasteiger partial charge in [-0.25, -0.2) is 4.98 Å². The van der Waals surface area contributed by atoms with Gasteiger partial charge in [-0.2, -0.15) is 0 Å². The highest BCUT2D eigenvalue weighted by Crippen LogP contribution is 2.30. The molecule has 2 heterocycles. The van der Waals surface area contributed by atoms with Crippen LogP contribution in [0.5, 0.6) is 0 Å². The van der Waals surface area contributed by atoms with Crippen LogP contribution in [0.25, 0.3) is 11.0 Å². The molecule has 0 radical (unpaired) electrons. The molecule has 106 valence electrons. The van der Waals surface area contributed by atoms with Gasteiger partial charge >= 0.3 is 0 Å². The first-order chi connectivity index (χ1) is 9.53. The van der Waals surface area contributed by atoms with Crippen molar-refractivity contribution in [2.45, 2.75) is 32.8 Å². The van der Waals surface area contributed by atoms with Crippen LogP contribution >= 0.6 is 0 Å². The lowest BCUT2D eigenvalue weighted by molar-refractivity contribution is 0.123. The number of aromatic nitrogens is 2. The van der Waals surface area contributed by atoms with E-state index in [9.17, 15) is 5.11 Å². The first-order valence-corrected chi connectivity index (χ1v) is 7.18. The van der Waals surface area contributed by atoms with Crippen molar-refractivity contribution in [1.29, 1.82) is 0 Å². The van der Waals surface area contributed by atoms with Crippen LogP contribution in [-0.2, 0) is 0 Å². The second kappa shape index (κ2) is 5.02. The molecule has 0 spiro atoms. The molecule has 1 fully saturated rings. The molecule has 4 nitrogen and oxygen atoms in total. The van der Waals surface area contributed by atoms with Crippen molar-refractivity contribution < 1.29 is 5.11 Å². The average molecular weight is 271 g/mol. The Balaban J connectivity index is 1.93. The molecule has 20 heavy (non-hydrogen) atoms. The van der Waals surface area contributed by atoms with Gasteiger partial charge in [-0.15, -0.1) is 0 Å². The molecule has 4 heteroatoms. The first-order valence-electron chi connectivity index (χ1n) is 7.18. The number of fused-ring (bicyclic) bond motifs is 1. The second-order valence-corrected chi connectivity index (χ2v) is 6.45. The molecular weight excluding hydrogens is 250 g/mol. The summed E-state index contributed by atoms with van der Waals surface area (Å²) in [4.78, 5) is 11.4. The lowest BCUT2D eigenvalue weighted by Gasteiger charge is -2.30. The summed E-state index contributed by atoms with van der Waals surface area (Å²) >= 11 is 0. The first kappa shape index (κ1) is 13.3. The Hall–Kier alpha value is -1.68. The predicted octanol–water partition coefficient (Wildman–Crippen LogP) is 2.62. The van der Waals surface area contributed by atoms with Gasteiger partial charge in [-0.3, -0.25) is 4.98 Å². The Morgan fingerprint density at radius 2 is 2.00 bits per heavy atom. The number of nitrogens with zero attached hydrogens (tertiary/aromatic N) is 3. The standard InChI is InChI=1S/C16H21N3O/c1-16(2)9-12(20)7-8-19(11-16)15-10-17-13-5-3-4-6-14(13)18-15/h3-6,10,12,20H,7-9,11H2,1-2H3/t12-/m1/s1. The smallest absolute Gasteiger partial charge is 0.147 e. The Kier molecular flexibility index (Phi) is 3.34. The third-order valence-electron chi connectivity index (χ3n) is 3.90. The highest BCUT2D eigenvalue weighted by molar-refractivity contribution is 5.75. The maximum absolute atomic E-state index is 10.00. The van der Waals surface area contributed by atoms with E-state index in [4.69, 9.17) is 4.98 Å². The molecule has 3 rings (SSSR count). The van der Waals surface area contributed by atoms with Crippen LogP contribution in [0.4, 0.5) is 5.82 Å². The number of aliphatic hydroxyl groups excluding tert-OH is 1. The number of para-hydroxylation sites is 2. The minimum atomic E-state index is -0.219. The monoisotopic (exact) mass is 271 g/mol. The zero-order valence-corrected chi connectivity index (χ0v) is 12.1. The zero-order chi connectivity index (χ0) is 14.2. The fraction of sp³-hybridized carbons (Fsp3) is 0.500. The molecule has 1 atom stereocenters. The number of rotatable bonds is 1. The van der Waals surface area contributed by atoms with Crippen LogP contribution in [-0.4, -0.2) is 34.3 Å². The molecule has 1 aromatic heterocycles. The largest absolute Gasteiger partial charge is 0.393 e. The van der Waals surface area contributed by atoms with Crippen molar-refractivity contribution in [2.75, 3.05) is 18.0 Å². The van der Waals surface area contributed by atoms with E-state index < -0.39 is 0 Å². The summed E-state index contributed by atoms with van der Waals surface area (Å²) in [6, 6.07) is 7.92. The number of aliphatic hydroxyl groups is 1.